The molecule has 4 nitrogen and oxygen atoms in total. The number of aromatic amines is 1. The molecule has 17 heavy (non-hydrogen) atoms. The van der Waals surface area contributed by atoms with Crippen LogP contribution in [0.5, 0.6) is 0 Å². The van der Waals surface area contributed by atoms with Crippen LogP contribution in [0.25, 0.3) is 0 Å². The molecule has 0 saturated heterocycles. The fraction of sp³-hybridized carbons (Fsp3) is 0.667. The molecule has 0 bridgehead atoms. The molecule has 1 fully saturated rings. The van der Waals surface area contributed by atoms with E-state index in [0.29, 0.717) is 18.5 Å². The van der Waals surface area contributed by atoms with Crippen molar-refractivity contribution in [2.75, 3.05) is 0 Å². The van der Waals surface area contributed by atoms with E-state index in [-0.39, 0.29) is 16.1 Å². The lowest BCUT2D eigenvalue weighted by molar-refractivity contribution is 0.438. The van der Waals surface area contributed by atoms with E-state index in [9.17, 15) is 9.59 Å². The first-order valence-corrected chi connectivity index (χ1v) is 6.36. The van der Waals surface area contributed by atoms with Crippen LogP contribution in [0.4, 0.5) is 0 Å². The molecule has 2 rings (SSSR count). The Bertz CT molecular complexity index is 540. The highest BCUT2D eigenvalue weighted by molar-refractivity contribution is 6.30. The minimum atomic E-state index is -0.395. The van der Waals surface area contributed by atoms with Crippen molar-refractivity contribution in [3.63, 3.8) is 0 Å². The van der Waals surface area contributed by atoms with E-state index in [1.807, 2.05) is 6.92 Å². The first kappa shape index (κ1) is 12.4. The predicted molar refractivity (Wildman–Crippen MR) is 67.7 cm³/mol. The summed E-state index contributed by atoms with van der Waals surface area (Å²) in [6, 6.07) is 0. The molecule has 5 heteroatoms. The summed E-state index contributed by atoms with van der Waals surface area (Å²) in [4.78, 5) is 26.5. The Morgan fingerprint density at radius 2 is 2.06 bits per heavy atom. The van der Waals surface area contributed by atoms with Crippen LogP contribution in [-0.2, 0) is 13.0 Å². The summed E-state index contributed by atoms with van der Waals surface area (Å²) in [7, 11) is 0. The maximum Gasteiger partial charge on any atom is 0.329 e. The van der Waals surface area contributed by atoms with Crippen molar-refractivity contribution >= 4 is 11.6 Å². The van der Waals surface area contributed by atoms with Gasteiger partial charge in [-0.2, -0.15) is 0 Å². The standard InChI is InChI=1S/C12H17ClN2O2/c1-3-4-8-9(13)14-11(17)15(10(8)16)7-12(2)5-6-12/h3-7H2,1-2H3,(H,14,17). The lowest BCUT2D eigenvalue weighted by Crippen LogP contribution is -2.39. The number of halogens is 1. The molecule has 0 aromatic carbocycles. The quantitative estimate of drug-likeness (QED) is 0.837. The molecule has 1 aromatic rings. The largest absolute Gasteiger partial charge is 0.329 e. The number of nitrogens with one attached hydrogen (secondary N) is 1. The van der Waals surface area contributed by atoms with Crippen LogP contribution in [0, 0.1) is 5.41 Å². The number of aromatic nitrogens is 2. The molecule has 1 heterocycles. The van der Waals surface area contributed by atoms with E-state index in [2.05, 4.69) is 11.9 Å². The predicted octanol–water partition coefficient (Wildman–Crippen LogP) is 1.94. The second-order valence-corrected chi connectivity index (χ2v) is 5.55. The van der Waals surface area contributed by atoms with Crippen LogP contribution in [0.2, 0.25) is 5.15 Å². The Hall–Kier alpha value is -1.03. The molecule has 1 aliphatic carbocycles. The van der Waals surface area contributed by atoms with Crippen molar-refractivity contribution in [2.45, 2.75) is 46.1 Å². The molecule has 0 unspecified atom stereocenters. The highest BCUT2D eigenvalue weighted by Crippen LogP contribution is 2.45. The summed E-state index contributed by atoms with van der Waals surface area (Å²) in [5, 5.41) is 0.194. The fourth-order valence-corrected chi connectivity index (χ4v) is 2.21. The summed E-state index contributed by atoms with van der Waals surface area (Å²) in [6.07, 6.45) is 3.58. The molecule has 1 aliphatic rings. The van der Waals surface area contributed by atoms with Crippen LogP contribution in [0.1, 0.15) is 38.7 Å². The Morgan fingerprint density at radius 3 is 2.59 bits per heavy atom. The minimum absolute atomic E-state index is 0.119. The molecule has 1 aromatic heterocycles. The molecule has 1 saturated carbocycles. The maximum atomic E-state index is 12.2. The van der Waals surface area contributed by atoms with Crippen molar-refractivity contribution in [2.24, 2.45) is 5.41 Å². The van der Waals surface area contributed by atoms with Gasteiger partial charge in [-0.25, -0.2) is 4.79 Å². The van der Waals surface area contributed by atoms with E-state index in [1.165, 1.54) is 4.57 Å². The normalized spacial score (nSPS) is 17.1. The van der Waals surface area contributed by atoms with Crippen LogP contribution >= 0.6 is 11.6 Å². The van der Waals surface area contributed by atoms with Gasteiger partial charge in [0.25, 0.3) is 5.56 Å². The molecule has 0 atom stereocenters. The lowest BCUT2D eigenvalue weighted by atomic mass is 10.1. The smallest absolute Gasteiger partial charge is 0.297 e. The van der Waals surface area contributed by atoms with Crippen LogP contribution in [-0.4, -0.2) is 9.55 Å². The van der Waals surface area contributed by atoms with E-state index in [0.717, 1.165) is 19.3 Å². The van der Waals surface area contributed by atoms with Gasteiger partial charge in [-0.3, -0.25) is 14.3 Å². The van der Waals surface area contributed by atoms with E-state index in [4.69, 9.17) is 11.6 Å². The highest BCUT2D eigenvalue weighted by atomic mass is 35.5. The SMILES string of the molecule is CCCc1c(Cl)[nH]c(=O)n(CC2(C)CC2)c1=O. The molecule has 0 radical (unpaired) electrons. The second-order valence-electron chi connectivity index (χ2n) is 5.17. The zero-order valence-corrected chi connectivity index (χ0v) is 10.9. The van der Waals surface area contributed by atoms with Crippen LogP contribution < -0.4 is 11.2 Å². The van der Waals surface area contributed by atoms with Gasteiger partial charge in [-0.15, -0.1) is 0 Å². The molecular formula is C12H17ClN2O2. The van der Waals surface area contributed by atoms with Gasteiger partial charge in [0.2, 0.25) is 0 Å². The van der Waals surface area contributed by atoms with E-state index >= 15 is 0 Å². The fourth-order valence-electron chi connectivity index (χ4n) is 1.95. The van der Waals surface area contributed by atoms with E-state index < -0.39 is 5.69 Å². The van der Waals surface area contributed by atoms with Gasteiger partial charge in [0.15, 0.2) is 0 Å². The molecule has 94 valence electrons. The molecule has 1 N–H and O–H groups in total. The topological polar surface area (TPSA) is 54.9 Å². The number of hydrogen-bond donors (Lipinski definition) is 1. The Labute approximate surface area is 105 Å². The third-order valence-electron chi connectivity index (χ3n) is 3.37. The van der Waals surface area contributed by atoms with Crippen molar-refractivity contribution in [1.29, 1.82) is 0 Å². The average Bonchev–Trinajstić information content (AvgIpc) is 2.98. The number of hydrogen-bond acceptors (Lipinski definition) is 2. The number of nitrogens with zero attached hydrogens (tertiary/aromatic N) is 1. The first-order chi connectivity index (χ1) is 7.97. The van der Waals surface area contributed by atoms with Gasteiger partial charge >= 0.3 is 5.69 Å². The summed E-state index contributed by atoms with van der Waals surface area (Å²) in [5.41, 5.74) is 0.0217. The van der Waals surface area contributed by atoms with Crippen molar-refractivity contribution in [1.82, 2.24) is 9.55 Å². The van der Waals surface area contributed by atoms with Gasteiger partial charge in [0.05, 0.1) is 5.56 Å². The molecule has 0 amide bonds. The monoisotopic (exact) mass is 256 g/mol. The minimum Gasteiger partial charge on any atom is -0.297 e. The van der Waals surface area contributed by atoms with Gasteiger partial charge in [0.1, 0.15) is 5.15 Å². The molecular weight excluding hydrogens is 240 g/mol. The van der Waals surface area contributed by atoms with Crippen LogP contribution in [0.15, 0.2) is 9.59 Å². The highest BCUT2D eigenvalue weighted by Gasteiger charge is 2.38. The lowest BCUT2D eigenvalue weighted by Gasteiger charge is -2.12. The summed E-state index contributed by atoms with van der Waals surface area (Å²) in [6.45, 7) is 4.56. The van der Waals surface area contributed by atoms with Gasteiger partial charge < -0.3 is 0 Å². The van der Waals surface area contributed by atoms with Gasteiger partial charge in [-0.1, -0.05) is 31.9 Å². The van der Waals surface area contributed by atoms with Gasteiger partial charge in [0, 0.05) is 6.54 Å². The van der Waals surface area contributed by atoms with Crippen molar-refractivity contribution in [3.8, 4) is 0 Å². The van der Waals surface area contributed by atoms with Crippen LogP contribution in [0.3, 0.4) is 0 Å². The third-order valence-corrected chi connectivity index (χ3v) is 3.70. The second kappa shape index (κ2) is 4.33. The Morgan fingerprint density at radius 1 is 1.41 bits per heavy atom. The summed E-state index contributed by atoms with van der Waals surface area (Å²) in [5.74, 6) is 0. The Balaban J connectivity index is 2.47. The zero-order chi connectivity index (χ0) is 12.6. The average molecular weight is 257 g/mol. The summed E-state index contributed by atoms with van der Waals surface area (Å²) >= 11 is 5.90. The molecule has 0 spiro atoms. The Kier molecular flexibility index (Phi) is 3.17. The third kappa shape index (κ3) is 2.46. The number of rotatable bonds is 4. The number of H-pyrrole nitrogens is 1. The molecule has 0 aliphatic heterocycles. The first-order valence-electron chi connectivity index (χ1n) is 5.98. The summed E-state index contributed by atoms with van der Waals surface area (Å²) < 4.78 is 1.30. The zero-order valence-electron chi connectivity index (χ0n) is 10.2. The van der Waals surface area contributed by atoms with Crippen molar-refractivity contribution in [3.05, 3.63) is 31.6 Å². The maximum absolute atomic E-state index is 12.2. The van der Waals surface area contributed by atoms with E-state index in [1.54, 1.807) is 0 Å². The van der Waals surface area contributed by atoms with Crippen molar-refractivity contribution < 1.29 is 0 Å². The van der Waals surface area contributed by atoms with Gasteiger partial charge in [-0.05, 0) is 24.7 Å².